The van der Waals surface area contributed by atoms with Crippen molar-refractivity contribution in [3.63, 3.8) is 0 Å². The molecule has 5 heteroatoms. The second kappa shape index (κ2) is 9.40. The maximum Gasteiger partial charge on any atom is 0.255 e. The Kier molecular flexibility index (Phi) is 7.20. The summed E-state index contributed by atoms with van der Waals surface area (Å²) in [7, 11) is 1.60. The average Bonchev–Trinajstić information content (AvgIpc) is 2.51. The molecular formula is C18H28N2O3. The third-order valence-electron chi connectivity index (χ3n) is 4.33. The highest BCUT2D eigenvalue weighted by molar-refractivity contribution is 5.75. The number of benzene rings is 1. The van der Waals surface area contributed by atoms with Crippen LogP contribution in [-0.4, -0.2) is 25.7 Å². The van der Waals surface area contributed by atoms with Gasteiger partial charge in [0.05, 0.1) is 7.11 Å². The molecule has 0 aliphatic heterocycles. The molecule has 23 heavy (non-hydrogen) atoms. The van der Waals surface area contributed by atoms with Gasteiger partial charge in [-0.05, 0) is 18.9 Å². The van der Waals surface area contributed by atoms with Crippen LogP contribution >= 0.6 is 0 Å². The van der Waals surface area contributed by atoms with Crippen LogP contribution in [0.25, 0.3) is 0 Å². The monoisotopic (exact) mass is 320 g/mol. The lowest BCUT2D eigenvalue weighted by molar-refractivity contribution is -0.119. The van der Waals surface area contributed by atoms with Crippen molar-refractivity contribution in [3.8, 4) is 11.5 Å². The Hall–Kier alpha value is -1.75. The molecule has 128 valence electrons. The van der Waals surface area contributed by atoms with E-state index in [9.17, 15) is 4.79 Å². The minimum atomic E-state index is -0.491. The third kappa shape index (κ3) is 5.75. The molecule has 1 aliphatic carbocycles. The van der Waals surface area contributed by atoms with Crippen molar-refractivity contribution in [1.29, 1.82) is 0 Å². The number of primary amides is 1. The Morgan fingerprint density at radius 1 is 1.22 bits per heavy atom. The van der Waals surface area contributed by atoms with Gasteiger partial charge >= 0.3 is 0 Å². The fourth-order valence-electron chi connectivity index (χ4n) is 3.08. The van der Waals surface area contributed by atoms with Crippen molar-refractivity contribution in [1.82, 2.24) is 5.32 Å². The Labute approximate surface area is 138 Å². The zero-order valence-corrected chi connectivity index (χ0v) is 14.0. The average molecular weight is 320 g/mol. The van der Waals surface area contributed by atoms with Gasteiger partial charge in [0.25, 0.3) is 5.91 Å². The van der Waals surface area contributed by atoms with Gasteiger partial charge in [0.1, 0.15) is 0 Å². The van der Waals surface area contributed by atoms with Gasteiger partial charge in [-0.2, -0.15) is 0 Å². The van der Waals surface area contributed by atoms with E-state index in [-0.39, 0.29) is 6.61 Å². The van der Waals surface area contributed by atoms with Gasteiger partial charge < -0.3 is 20.5 Å². The van der Waals surface area contributed by atoms with E-state index in [1.807, 2.05) is 18.2 Å². The van der Waals surface area contributed by atoms with Crippen molar-refractivity contribution in [2.45, 2.75) is 57.5 Å². The molecule has 1 fully saturated rings. The number of ether oxygens (including phenoxy) is 2. The van der Waals surface area contributed by atoms with Crippen molar-refractivity contribution in [2.75, 3.05) is 13.7 Å². The summed E-state index contributed by atoms with van der Waals surface area (Å²) in [6, 6.07) is 6.31. The largest absolute Gasteiger partial charge is 0.493 e. The minimum Gasteiger partial charge on any atom is -0.493 e. The molecule has 0 spiro atoms. The smallest absolute Gasteiger partial charge is 0.255 e. The van der Waals surface area contributed by atoms with E-state index in [0.717, 1.165) is 5.56 Å². The molecule has 0 radical (unpaired) electrons. The summed E-state index contributed by atoms with van der Waals surface area (Å²) in [5.74, 6) is 0.741. The number of amides is 1. The molecule has 0 saturated heterocycles. The molecule has 1 aliphatic rings. The topological polar surface area (TPSA) is 73.6 Å². The first kappa shape index (κ1) is 17.6. The molecule has 3 N–H and O–H groups in total. The molecule has 2 rings (SSSR count). The first-order valence-electron chi connectivity index (χ1n) is 8.51. The van der Waals surface area contributed by atoms with E-state index in [1.54, 1.807) is 7.11 Å². The van der Waals surface area contributed by atoms with Crippen LogP contribution < -0.4 is 20.5 Å². The Morgan fingerprint density at radius 3 is 2.57 bits per heavy atom. The second-order valence-electron chi connectivity index (χ2n) is 6.13. The summed E-state index contributed by atoms with van der Waals surface area (Å²) < 4.78 is 10.9. The molecule has 1 aromatic rings. The van der Waals surface area contributed by atoms with Gasteiger partial charge in [-0.15, -0.1) is 0 Å². The van der Waals surface area contributed by atoms with Crippen LogP contribution in [0.4, 0.5) is 0 Å². The van der Waals surface area contributed by atoms with Crippen LogP contribution in [0.2, 0.25) is 0 Å². The standard InChI is InChI=1S/C18H28N2O3/c1-22-16-11-7-8-14(18(16)23-13-17(19)21)12-20-15-9-5-3-2-4-6-10-15/h7-8,11,15,20H,2-6,9-10,12-13H2,1H3,(H2,19,21). The molecule has 5 nitrogen and oxygen atoms in total. The summed E-state index contributed by atoms with van der Waals surface area (Å²) in [5, 5.41) is 3.63. The predicted octanol–water partition coefficient (Wildman–Crippen LogP) is 2.76. The van der Waals surface area contributed by atoms with E-state index >= 15 is 0 Å². The number of hydrogen-bond donors (Lipinski definition) is 2. The lowest BCUT2D eigenvalue weighted by Gasteiger charge is -2.22. The molecule has 1 saturated carbocycles. The molecular weight excluding hydrogens is 292 g/mol. The summed E-state index contributed by atoms with van der Waals surface area (Å²) >= 11 is 0. The molecule has 1 amide bonds. The maximum absolute atomic E-state index is 11.0. The number of hydrogen-bond acceptors (Lipinski definition) is 4. The fourth-order valence-corrected chi connectivity index (χ4v) is 3.08. The summed E-state index contributed by atoms with van der Waals surface area (Å²) in [4.78, 5) is 11.0. The van der Waals surface area contributed by atoms with E-state index in [2.05, 4.69) is 5.32 Å². The van der Waals surface area contributed by atoms with Gasteiger partial charge in [0.15, 0.2) is 18.1 Å². The normalized spacial score (nSPS) is 16.4. The molecule has 0 unspecified atom stereocenters. The van der Waals surface area contributed by atoms with E-state index < -0.39 is 5.91 Å². The molecule has 0 atom stereocenters. The summed E-state index contributed by atoms with van der Waals surface area (Å²) in [6.07, 6.45) is 9.08. The Bertz CT molecular complexity index is 497. The van der Waals surface area contributed by atoms with E-state index in [0.29, 0.717) is 24.1 Å². The highest BCUT2D eigenvalue weighted by Gasteiger charge is 2.15. The van der Waals surface area contributed by atoms with Crippen LogP contribution in [0.15, 0.2) is 18.2 Å². The van der Waals surface area contributed by atoms with Crippen molar-refractivity contribution in [3.05, 3.63) is 23.8 Å². The highest BCUT2D eigenvalue weighted by atomic mass is 16.5. The third-order valence-corrected chi connectivity index (χ3v) is 4.33. The highest BCUT2D eigenvalue weighted by Crippen LogP contribution is 2.31. The fraction of sp³-hybridized carbons (Fsp3) is 0.611. The number of methoxy groups -OCH3 is 1. The maximum atomic E-state index is 11.0. The van der Waals surface area contributed by atoms with E-state index in [1.165, 1.54) is 44.9 Å². The molecule has 1 aromatic carbocycles. The summed E-state index contributed by atoms with van der Waals surface area (Å²) in [6.45, 7) is 0.562. The lowest BCUT2D eigenvalue weighted by Crippen LogP contribution is -2.29. The first-order valence-corrected chi connectivity index (χ1v) is 8.51. The van der Waals surface area contributed by atoms with Crippen LogP contribution in [0.3, 0.4) is 0 Å². The zero-order chi connectivity index (χ0) is 16.5. The van der Waals surface area contributed by atoms with Crippen LogP contribution in [-0.2, 0) is 11.3 Å². The van der Waals surface area contributed by atoms with E-state index in [4.69, 9.17) is 15.2 Å². The van der Waals surface area contributed by atoms with Gasteiger partial charge in [-0.3, -0.25) is 4.79 Å². The number of carbonyl (C=O) groups excluding carboxylic acids is 1. The number of para-hydroxylation sites is 1. The quantitative estimate of drug-likeness (QED) is 0.810. The molecule has 0 aromatic heterocycles. The number of nitrogens with one attached hydrogen (secondary N) is 1. The number of carbonyl (C=O) groups is 1. The zero-order valence-electron chi connectivity index (χ0n) is 14.0. The number of rotatable bonds is 7. The van der Waals surface area contributed by atoms with Crippen molar-refractivity contribution < 1.29 is 14.3 Å². The van der Waals surface area contributed by atoms with Gasteiger partial charge in [-0.25, -0.2) is 0 Å². The molecule has 0 bridgehead atoms. The second-order valence-corrected chi connectivity index (χ2v) is 6.13. The van der Waals surface area contributed by atoms with Gasteiger partial charge in [0.2, 0.25) is 0 Å². The lowest BCUT2D eigenvalue weighted by atomic mass is 9.96. The predicted molar refractivity (Wildman–Crippen MR) is 90.6 cm³/mol. The Balaban J connectivity index is 2.00. The van der Waals surface area contributed by atoms with Gasteiger partial charge in [0, 0.05) is 18.2 Å². The van der Waals surface area contributed by atoms with Crippen molar-refractivity contribution >= 4 is 5.91 Å². The summed E-state index contributed by atoms with van der Waals surface area (Å²) in [5.41, 5.74) is 6.18. The van der Waals surface area contributed by atoms with Crippen molar-refractivity contribution in [2.24, 2.45) is 5.73 Å². The first-order chi connectivity index (χ1) is 11.2. The Morgan fingerprint density at radius 2 is 1.91 bits per heavy atom. The number of nitrogens with two attached hydrogens (primary N) is 1. The van der Waals surface area contributed by atoms with Crippen LogP contribution in [0.1, 0.15) is 50.5 Å². The molecule has 0 heterocycles. The SMILES string of the molecule is COc1cccc(CNC2CCCCCCC2)c1OCC(N)=O. The minimum absolute atomic E-state index is 0.142. The van der Waals surface area contributed by atoms with Crippen LogP contribution in [0, 0.1) is 0 Å². The van der Waals surface area contributed by atoms with Gasteiger partial charge in [-0.1, -0.05) is 44.2 Å². The van der Waals surface area contributed by atoms with Crippen LogP contribution in [0.5, 0.6) is 11.5 Å².